The fourth-order valence-electron chi connectivity index (χ4n) is 5.26. The second kappa shape index (κ2) is 5.52. The van der Waals surface area contributed by atoms with Crippen LogP contribution in [0.4, 0.5) is 0 Å². The summed E-state index contributed by atoms with van der Waals surface area (Å²) in [5, 5.41) is 10.4. The highest BCUT2D eigenvalue weighted by atomic mass is 16.3. The number of carbonyl (C=O) groups is 1. The Morgan fingerprint density at radius 2 is 2.09 bits per heavy atom. The van der Waals surface area contributed by atoms with Crippen LogP contribution in [0.25, 0.3) is 0 Å². The lowest BCUT2D eigenvalue weighted by Gasteiger charge is -2.58. The standard InChI is InChI=1S/C19H28O3/c1-18(2)16-7-6-15(20)14(5-4-13-9-11-22-12-13)19(16,3)10-8-17(18)21/h9,11-12,14,16-17,21H,4-8,10H2,1-3H3/t14-,16?,17-,19+/m1/s1. The molecule has 3 nitrogen and oxygen atoms in total. The molecule has 4 atom stereocenters. The minimum Gasteiger partial charge on any atom is -0.472 e. The Balaban J connectivity index is 1.83. The van der Waals surface area contributed by atoms with Crippen molar-refractivity contribution in [3.63, 3.8) is 0 Å². The number of aliphatic hydroxyl groups excluding tert-OH is 1. The summed E-state index contributed by atoms with van der Waals surface area (Å²) in [6.07, 6.45) is 8.42. The summed E-state index contributed by atoms with van der Waals surface area (Å²) in [5.41, 5.74) is 1.11. The van der Waals surface area contributed by atoms with Gasteiger partial charge >= 0.3 is 0 Å². The number of hydrogen-bond donors (Lipinski definition) is 1. The molecule has 0 spiro atoms. The Labute approximate surface area is 133 Å². The zero-order chi connectivity index (χ0) is 16.0. The van der Waals surface area contributed by atoms with Crippen LogP contribution in [-0.4, -0.2) is 17.0 Å². The third-order valence-corrected chi connectivity index (χ3v) is 6.68. The molecule has 1 heterocycles. The Morgan fingerprint density at radius 1 is 1.32 bits per heavy atom. The van der Waals surface area contributed by atoms with Gasteiger partial charge in [0.15, 0.2) is 0 Å². The molecule has 0 aromatic carbocycles. The molecule has 1 unspecified atom stereocenters. The van der Waals surface area contributed by atoms with Gasteiger partial charge in [-0.1, -0.05) is 20.8 Å². The predicted octanol–water partition coefficient (Wildman–Crippen LogP) is 3.99. The van der Waals surface area contributed by atoms with Crippen molar-refractivity contribution in [1.29, 1.82) is 0 Å². The van der Waals surface area contributed by atoms with E-state index in [0.29, 0.717) is 18.1 Å². The average Bonchev–Trinajstić information content (AvgIpc) is 2.96. The van der Waals surface area contributed by atoms with E-state index in [1.807, 2.05) is 6.07 Å². The Kier molecular flexibility index (Phi) is 3.96. The third kappa shape index (κ3) is 2.44. The minimum atomic E-state index is -0.242. The second-order valence-electron chi connectivity index (χ2n) is 8.16. The molecule has 2 saturated carbocycles. The normalized spacial score (nSPS) is 37.8. The molecule has 22 heavy (non-hydrogen) atoms. The number of fused-ring (bicyclic) bond motifs is 1. The number of hydrogen-bond acceptors (Lipinski definition) is 3. The van der Waals surface area contributed by atoms with Crippen molar-refractivity contribution >= 4 is 5.78 Å². The quantitative estimate of drug-likeness (QED) is 0.918. The number of carbonyl (C=O) groups excluding carboxylic acids is 1. The van der Waals surface area contributed by atoms with Crippen molar-refractivity contribution in [1.82, 2.24) is 0 Å². The number of aliphatic hydroxyl groups is 1. The molecule has 0 amide bonds. The van der Waals surface area contributed by atoms with E-state index in [0.717, 1.165) is 32.1 Å². The molecule has 0 bridgehead atoms. The van der Waals surface area contributed by atoms with E-state index >= 15 is 0 Å². The van der Waals surface area contributed by atoms with E-state index in [2.05, 4.69) is 20.8 Å². The Hall–Kier alpha value is -1.09. The van der Waals surface area contributed by atoms with Gasteiger partial charge in [-0.3, -0.25) is 4.79 Å². The highest BCUT2D eigenvalue weighted by Crippen LogP contribution is 2.59. The van der Waals surface area contributed by atoms with E-state index in [4.69, 9.17) is 4.42 Å². The molecule has 2 aliphatic rings. The molecule has 0 radical (unpaired) electrons. The zero-order valence-electron chi connectivity index (χ0n) is 14.0. The summed E-state index contributed by atoms with van der Waals surface area (Å²) >= 11 is 0. The van der Waals surface area contributed by atoms with Gasteiger partial charge in [0.05, 0.1) is 18.6 Å². The van der Waals surface area contributed by atoms with Gasteiger partial charge in [-0.15, -0.1) is 0 Å². The van der Waals surface area contributed by atoms with Crippen LogP contribution in [0.2, 0.25) is 0 Å². The van der Waals surface area contributed by atoms with Crippen LogP contribution < -0.4 is 0 Å². The molecule has 3 heteroatoms. The zero-order valence-corrected chi connectivity index (χ0v) is 14.0. The van der Waals surface area contributed by atoms with Gasteiger partial charge in [0.25, 0.3) is 0 Å². The largest absolute Gasteiger partial charge is 0.472 e. The molecule has 1 aromatic heterocycles. The average molecular weight is 304 g/mol. The van der Waals surface area contributed by atoms with Crippen LogP contribution in [0.1, 0.15) is 58.4 Å². The molecule has 2 fully saturated rings. The fourth-order valence-corrected chi connectivity index (χ4v) is 5.26. The van der Waals surface area contributed by atoms with Crippen molar-refractivity contribution in [3.8, 4) is 0 Å². The van der Waals surface area contributed by atoms with Crippen molar-refractivity contribution in [2.45, 2.75) is 65.4 Å². The fraction of sp³-hybridized carbons (Fsp3) is 0.737. The number of Topliss-reactive ketones (excluding diaryl/α,β-unsaturated/α-hetero) is 1. The lowest BCUT2D eigenvalue weighted by atomic mass is 9.47. The summed E-state index contributed by atoms with van der Waals surface area (Å²) < 4.78 is 5.14. The Morgan fingerprint density at radius 3 is 2.77 bits per heavy atom. The maximum atomic E-state index is 12.6. The first-order chi connectivity index (χ1) is 10.4. The first-order valence-corrected chi connectivity index (χ1v) is 8.57. The van der Waals surface area contributed by atoms with Crippen molar-refractivity contribution < 1.29 is 14.3 Å². The second-order valence-corrected chi connectivity index (χ2v) is 8.16. The van der Waals surface area contributed by atoms with Crippen LogP contribution in [0, 0.1) is 22.7 Å². The molecular weight excluding hydrogens is 276 g/mol. The minimum absolute atomic E-state index is 0.0296. The van der Waals surface area contributed by atoms with Crippen molar-refractivity contribution in [3.05, 3.63) is 24.2 Å². The maximum absolute atomic E-state index is 12.6. The topological polar surface area (TPSA) is 50.4 Å². The summed E-state index contributed by atoms with van der Waals surface area (Å²) in [6, 6.07) is 1.99. The number of ketones is 1. The summed E-state index contributed by atoms with van der Waals surface area (Å²) in [5.74, 6) is 0.971. The van der Waals surface area contributed by atoms with Crippen molar-refractivity contribution in [2.24, 2.45) is 22.7 Å². The van der Waals surface area contributed by atoms with Gasteiger partial charge in [-0.2, -0.15) is 0 Å². The van der Waals surface area contributed by atoms with Crippen LogP contribution in [0.5, 0.6) is 0 Å². The molecule has 0 saturated heterocycles. The lowest BCUT2D eigenvalue weighted by molar-refractivity contribution is -0.158. The van der Waals surface area contributed by atoms with Gasteiger partial charge in [0.1, 0.15) is 5.78 Å². The van der Waals surface area contributed by atoms with Gasteiger partial charge in [-0.05, 0) is 60.5 Å². The van der Waals surface area contributed by atoms with E-state index in [-0.39, 0.29) is 22.9 Å². The van der Waals surface area contributed by atoms with Crippen LogP contribution in [0.3, 0.4) is 0 Å². The first kappa shape index (κ1) is 15.8. The lowest BCUT2D eigenvalue weighted by Crippen LogP contribution is -2.56. The summed E-state index contributed by atoms with van der Waals surface area (Å²) in [6.45, 7) is 6.66. The van der Waals surface area contributed by atoms with Crippen LogP contribution in [-0.2, 0) is 11.2 Å². The molecule has 122 valence electrons. The van der Waals surface area contributed by atoms with E-state index in [1.54, 1.807) is 12.5 Å². The molecule has 3 rings (SSSR count). The summed E-state index contributed by atoms with van der Waals surface area (Å²) in [7, 11) is 0. The Bertz CT molecular complexity index is 531. The molecule has 1 aromatic rings. The first-order valence-electron chi connectivity index (χ1n) is 8.57. The SMILES string of the molecule is CC1(C)C2CCC(=O)[C@@H](CCc3ccoc3)[C@]2(C)CC[C@H]1O. The molecule has 1 N–H and O–H groups in total. The predicted molar refractivity (Wildman–Crippen MR) is 85.4 cm³/mol. The highest BCUT2D eigenvalue weighted by molar-refractivity contribution is 5.82. The molecule has 2 aliphatic carbocycles. The monoisotopic (exact) mass is 304 g/mol. The molecule has 0 aliphatic heterocycles. The van der Waals surface area contributed by atoms with E-state index < -0.39 is 0 Å². The van der Waals surface area contributed by atoms with Gasteiger partial charge in [0, 0.05) is 12.3 Å². The van der Waals surface area contributed by atoms with E-state index in [9.17, 15) is 9.90 Å². The van der Waals surface area contributed by atoms with Crippen LogP contribution in [0.15, 0.2) is 23.0 Å². The van der Waals surface area contributed by atoms with Gasteiger partial charge < -0.3 is 9.52 Å². The van der Waals surface area contributed by atoms with Crippen molar-refractivity contribution in [2.75, 3.05) is 0 Å². The number of aryl methyl sites for hydroxylation is 1. The van der Waals surface area contributed by atoms with Gasteiger partial charge in [0.2, 0.25) is 0 Å². The summed E-state index contributed by atoms with van der Waals surface area (Å²) in [4.78, 5) is 12.6. The number of rotatable bonds is 3. The third-order valence-electron chi connectivity index (χ3n) is 6.68. The van der Waals surface area contributed by atoms with Crippen LogP contribution >= 0.6 is 0 Å². The smallest absolute Gasteiger partial charge is 0.136 e. The number of furan rings is 1. The maximum Gasteiger partial charge on any atom is 0.136 e. The highest BCUT2D eigenvalue weighted by Gasteiger charge is 2.56. The molecular formula is C19H28O3. The van der Waals surface area contributed by atoms with E-state index in [1.165, 1.54) is 5.56 Å². The van der Waals surface area contributed by atoms with Gasteiger partial charge in [-0.25, -0.2) is 0 Å².